The lowest BCUT2D eigenvalue weighted by Gasteiger charge is -2.18. The van der Waals surface area contributed by atoms with Crippen LogP contribution in [0.1, 0.15) is 12.6 Å². The summed E-state index contributed by atoms with van der Waals surface area (Å²) in [6.07, 6.45) is 0. The van der Waals surface area contributed by atoms with Crippen molar-refractivity contribution in [2.24, 2.45) is 5.84 Å². The second kappa shape index (κ2) is 6.34. The van der Waals surface area contributed by atoms with E-state index in [9.17, 15) is 0 Å². The topological polar surface area (TPSA) is 74.4 Å². The van der Waals surface area contributed by atoms with Crippen molar-refractivity contribution in [1.82, 2.24) is 9.88 Å². The van der Waals surface area contributed by atoms with E-state index >= 15 is 0 Å². The van der Waals surface area contributed by atoms with E-state index in [4.69, 9.17) is 10.9 Å². The monoisotopic (exact) mass is 210 g/mol. The highest BCUT2D eigenvalue weighted by atomic mass is 16.3. The van der Waals surface area contributed by atoms with Crippen LogP contribution in [0.25, 0.3) is 0 Å². The van der Waals surface area contributed by atoms with Gasteiger partial charge in [0.25, 0.3) is 0 Å². The molecule has 0 amide bonds. The van der Waals surface area contributed by atoms with Crippen LogP contribution in [0.3, 0.4) is 0 Å². The Balaban J connectivity index is 2.61. The van der Waals surface area contributed by atoms with Gasteiger partial charge in [-0.05, 0) is 18.7 Å². The van der Waals surface area contributed by atoms with E-state index in [2.05, 4.69) is 22.2 Å². The summed E-state index contributed by atoms with van der Waals surface area (Å²) in [5.41, 5.74) is 3.46. The summed E-state index contributed by atoms with van der Waals surface area (Å²) >= 11 is 0. The predicted octanol–water partition coefficient (Wildman–Crippen LogP) is 0.181. The number of anilines is 1. The first-order valence-corrected chi connectivity index (χ1v) is 5.06. The van der Waals surface area contributed by atoms with Crippen molar-refractivity contribution in [3.8, 4) is 0 Å². The number of aliphatic hydroxyl groups is 1. The first kappa shape index (κ1) is 11.9. The average Bonchev–Trinajstić information content (AvgIpc) is 2.29. The van der Waals surface area contributed by atoms with Crippen molar-refractivity contribution in [2.75, 3.05) is 25.1 Å². The van der Waals surface area contributed by atoms with Crippen molar-refractivity contribution in [1.29, 1.82) is 0 Å². The zero-order chi connectivity index (χ0) is 11.1. The molecule has 0 saturated heterocycles. The van der Waals surface area contributed by atoms with Crippen LogP contribution in [0, 0.1) is 0 Å². The normalized spacial score (nSPS) is 10.7. The van der Waals surface area contributed by atoms with Gasteiger partial charge in [-0.1, -0.05) is 13.0 Å². The molecule has 0 saturated carbocycles. The second-order valence-corrected chi connectivity index (χ2v) is 3.25. The molecule has 0 aromatic carbocycles. The number of nitrogens with zero attached hydrogens (tertiary/aromatic N) is 2. The van der Waals surface area contributed by atoms with Crippen molar-refractivity contribution >= 4 is 5.82 Å². The van der Waals surface area contributed by atoms with Gasteiger partial charge >= 0.3 is 0 Å². The van der Waals surface area contributed by atoms with Crippen LogP contribution in [0.2, 0.25) is 0 Å². The molecule has 0 aliphatic carbocycles. The van der Waals surface area contributed by atoms with Gasteiger partial charge in [-0.2, -0.15) is 0 Å². The van der Waals surface area contributed by atoms with Gasteiger partial charge in [0, 0.05) is 13.1 Å². The third-order valence-electron chi connectivity index (χ3n) is 2.20. The molecule has 5 nitrogen and oxygen atoms in total. The summed E-state index contributed by atoms with van der Waals surface area (Å²) in [5, 5.41) is 8.85. The standard InChI is InChI=1S/C10H18N4O/c1-2-14(6-7-15)8-9-4-3-5-10(12-9)13-11/h3-5,15H,2,6-8,11H2,1H3,(H,12,13). The Kier molecular flexibility index (Phi) is 5.03. The summed E-state index contributed by atoms with van der Waals surface area (Å²) in [6, 6.07) is 5.66. The zero-order valence-electron chi connectivity index (χ0n) is 8.98. The molecule has 0 fully saturated rings. The van der Waals surface area contributed by atoms with Crippen molar-refractivity contribution < 1.29 is 5.11 Å². The van der Waals surface area contributed by atoms with Gasteiger partial charge in [0.1, 0.15) is 5.82 Å². The van der Waals surface area contributed by atoms with Crippen LogP contribution in [0.4, 0.5) is 5.82 Å². The van der Waals surface area contributed by atoms with E-state index in [0.717, 1.165) is 18.8 Å². The summed E-state index contributed by atoms with van der Waals surface area (Å²) in [5.74, 6) is 5.93. The summed E-state index contributed by atoms with van der Waals surface area (Å²) in [4.78, 5) is 6.42. The number of nitrogens with one attached hydrogen (secondary N) is 1. The third-order valence-corrected chi connectivity index (χ3v) is 2.20. The van der Waals surface area contributed by atoms with Gasteiger partial charge in [0.15, 0.2) is 0 Å². The number of hydrogen-bond acceptors (Lipinski definition) is 5. The number of likely N-dealkylation sites (N-methyl/N-ethyl adjacent to an activating group) is 1. The first-order valence-electron chi connectivity index (χ1n) is 5.06. The number of pyridine rings is 1. The second-order valence-electron chi connectivity index (χ2n) is 3.25. The van der Waals surface area contributed by atoms with E-state index in [1.807, 2.05) is 18.2 Å². The molecular weight excluding hydrogens is 192 g/mol. The lowest BCUT2D eigenvalue weighted by Crippen LogP contribution is -2.26. The van der Waals surface area contributed by atoms with Gasteiger partial charge in [-0.25, -0.2) is 10.8 Å². The molecule has 0 unspecified atom stereocenters. The summed E-state index contributed by atoms with van der Waals surface area (Å²) in [7, 11) is 0. The highest BCUT2D eigenvalue weighted by Crippen LogP contribution is 2.05. The Morgan fingerprint density at radius 1 is 1.53 bits per heavy atom. The molecule has 0 spiro atoms. The molecule has 0 atom stereocenters. The smallest absolute Gasteiger partial charge is 0.140 e. The Morgan fingerprint density at radius 2 is 2.33 bits per heavy atom. The van der Waals surface area contributed by atoms with Gasteiger partial charge in [0.2, 0.25) is 0 Å². The maximum atomic E-state index is 8.85. The maximum Gasteiger partial charge on any atom is 0.140 e. The highest BCUT2D eigenvalue weighted by molar-refractivity contribution is 5.33. The summed E-state index contributed by atoms with van der Waals surface area (Å²) < 4.78 is 0. The van der Waals surface area contributed by atoms with Crippen molar-refractivity contribution in [3.05, 3.63) is 23.9 Å². The molecule has 0 bridgehead atoms. The van der Waals surface area contributed by atoms with Crippen LogP contribution >= 0.6 is 0 Å². The fourth-order valence-corrected chi connectivity index (χ4v) is 1.37. The zero-order valence-corrected chi connectivity index (χ0v) is 8.98. The number of aromatic nitrogens is 1. The van der Waals surface area contributed by atoms with Crippen LogP contribution in [0.5, 0.6) is 0 Å². The number of nitrogen functional groups attached to an aromatic ring is 1. The molecule has 1 aromatic heterocycles. The molecule has 0 radical (unpaired) electrons. The Bertz CT molecular complexity index is 293. The van der Waals surface area contributed by atoms with Crippen LogP contribution < -0.4 is 11.3 Å². The lowest BCUT2D eigenvalue weighted by atomic mass is 10.3. The molecular formula is C10H18N4O. The van der Waals surface area contributed by atoms with Gasteiger partial charge in [-0.15, -0.1) is 0 Å². The summed E-state index contributed by atoms with van der Waals surface area (Å²) in [6.45, 7) is 4.51. The number of nitrogens with two attached hydrogens (primary N) is 1. The SMILES string of the molecule is CCN(CCO)Cc1cccc(NN)n1. The molecule has 1 aromatic rings. The van der Waals surface area contributed by atoms with Crippen LogP contribution in [-0.4, -0.2) is 34.7 Å². The van der Waals surface area contributed by atoms with Gasteiger partial charge < -0.3 is 10.5 Å². The predicted molar refractivity (Wildman–Crippen MR) is 60.1 cm³/mol. The lowest BCUT2D eigenvalue weighted by molar-refractivity contribution is 0.195. The first-order chi connectivity index (χ1) is 7.30. The quantitative estimate of drug-likeness (QED) is 0.461. The van der Waals surface area contributed by atoms with E-state index in [1.165, 1.54) is 0 Å². The van der Waals surface area contributed by atoms with Crippen LogP contribution in [0.15, 0.2) is 18.2 Å². The van der Waals surface area contributed by atoms with Crippen LogP contribution in [-0.2, 0) is 6.54 Å². The minimum absolute atomic E-state index is 0.169. The molecule has 0 aliphatic rings. The van der Waals surface area contributed by atoms with E-state index in [1.54, 1.807) is 0 Å². The molecule has 1 heterocycles. The molecule has 15 heavy (non-hydrogen) atoms. The molecule has 84 valence electrons. The van der Waals surface area contributed by atoms with E-state index in [-0.39, 0.29) is 6.61 Å². The van der Waals surface area contributed by atoms with E-state index in [0.29, 0.717) is 12.4 Å². The third kappa shape index (κ3) is 3.83. The Labute approximate surface area is 89.9 Å². The highest BCUT2D eigenvalue weighted by Gasteiger charge is 2.04. The Morgan fingerprint density at radius 3 is 2.93 bits per heavy atom. The molecule has 1 rings (SSSR count). The van der Waals surface area contributed by atoms with E-state index < -0.39 is 0 Å². The fraction of sp³-hybridized carbons (Fsp3) is 0.500. The minimum atomic E-state index is 0.169. The van der Waals surface area contributed by atoms with Crippen molar-refractivity contribution in [2.45, 2.75) is 13.5 Å². The van der Waals surface area contributed by atoms with Crippen molar-refractivity contribution in [3.63, 3.8) is 0 Å². The molecule has 4 N–H and O–H groups in total. The number of hydrazine groups is 1. The maximum absolute atomic E-state index is 8.85. The Hall–Kier alpha value is -1.17. The fourth-order valence-electron chi connectivity index (χ4n) is 1.37. The number of rotatable bonds is 6. The minimum Gasteiger partial charge on any atom is -0.395 e. The van der Waals surface area contributed by atoms with Gasteiger partial charge in [0.05, 0.1) is 12.3 Å². The largest absolute Gasteiger partial charge is 0.395 e. The number of hydrogen-bond donors (Lipinski definition) is 3. The number of aliphatic hydroxyl groups excluding tert-OH is 1. The van der Waals surface area contributed by atoms with Gasteiger partial charge in [-0.3, -0.25) is 4.90 Å². The molecule has 5 heteroatoms. The average molecular weight is 210 g/mol. The molecule has 0 aliphatic heterocycles.